The molecule has 0 bridgehead atoms. The Morgan fingerprint density at radius 1 is 1.29 bits per heavy atom. The molecular formula is C16H13ClN2O4S. The maximum absolute atomic E-state index is 11.9. The number of hydrogen-bond acceptors (Lipinski definition) is 5. The lowest BCUT2D eigenvalue weighted by atomic mass is 10.1. The average molecular weight is 365 g/mol. The third kappa shape index (κ3) is 4.04. The van der Waals surface area contributed by atoms with Crippen LogP contribution in [-0.2, 0) is 9.59 Å². The molecule has 1 fully saturated rings. The van der Waals surface area contributed by atoms with Gasteiger partial charge in [0, 0.05) is 0 Å². The standard InChI is InChI=1S/C16H13ClN2O4S/c1-3-5-23-13-11(17)7-9(8-12(13)22-4-2)6-10-14(20)18-16(24)19-15(10)21/h1,6-8H,4-5H2,2H3,(H2,18,19,20,21,24). The van der Waals surface area contributed by atoms with E-state index >= 15 is 0 Å². The van der Waals surface area contributed by atoms with Crippen LogP contribution in [0.15, 0.2) is 17.7 Å². The van der Waals surface area contributed by atoms with Crippen LogP contribution in [0.2, 0.25) is 5.02 Å². The number of terminal acetylenes is 1. The van der Waals surface area contributed by atoms with Gasteiger partial charge in [0.2, 0.25) is 0 Å². The van der Waals surface area contributed by atoms with Gasteiger partial charge < -0.3 is 9.47 Å². The molecule has 0 unspecified atom stereocenters. The summed E-state index contributed by atoms with van der Waals surface area (Å²) in [7, 11) is 0. The minimum absolute atomic E-state index is 0.0302. The fourth-order valence-corrected chi connectivity index (χ4v) is 2.42. The van der Waals surface area contributed by atoms with E-state index < -0.39 is 11.8 Å². The molecule has 24 heavy (non-hydrogen) atoms. The van der Waals surface area contributed by atoms with Crippen LogP contribution in [0.5, 0.6) is 11.5 Å². The van der Waals surface area contributed by atoms with E-state index in [1.807, 2.05) is 0 Å². The topological polar surface area (TPSA) is 76.7 Å². The number of thiocarbonyl (C=S) groups is 1. The van der Waals surface area contributed by atoms with Gasteiger partial charge in [0.25, 0.3) is 11.8 Å². The van der Waals surface area contributed by atoms with Crippen molar-refractivity contribution in [3.8, 4) is 23.8 Å². The van der Waals surface area contributed by atoms with Gasteiger partial charge in [-0.2, -0.15) is 0 Å². The van der Waals surface area contributed by atoms with Crippen molar-refractivity contribution >= 4 is 46.8 Å². The van der Waals surface area contributed by atoms with Crippen LogP contribution in [-0.4, -0.2) is 30.1 Å². The lowest BCUT2D eigenvalue weighted by Crippen LogP contribution is -2.51. The Bertz CT molecular complexity index is 761. The molecule has 1 saturated heterocycles. The van der Waals surface area contributed by atoms with Gasteiger partial charge in [-0.3, -0.25) is 20.2 Å². The predicted molar refractivity (Wildman–Crippen MR) is 93.8 cm³/mol. The van der Waals surface area contributed by atoms with Crippen molar-refractivity contribution in [3.63, 3.8) is 0 Å². The van der Waals surface area contributed by atoms with Crippen molar-refractivity contribution in [1.29, 1.82) is 0 Å². The zero-order chi connectivity index (χ0) is 17.7. The molecule has 1 heterocycles. The molecule has 1 aliphatic heterocycles. The molecule has 124 valence electrons. The van der Waals surface area contributed by atoms with E-state index in [2.05, 4.69) is 16.6 Å². The SMILES string of the molecule is C#CCOc1c(Cl)cc(C=C2C(=O)NC(=S)NC2=O)cc1OCC. The van der Waals surface area contributed by atoms with Crippen molar-refractivity contribution < 1.29 is 19.1 Å². The van der Waals surface area contributed by atoms with Crippen LogP contribution in [0.4, 0.5) is 0 Å². The number of ether oxygens (including phenoxy) is 2. The predicted octanol–water partition coefficient (Wildman–Crippen LogP) is 1.66. The highest BCUT2D eigenvalue weighted by Gasteiger charge is 2.26. The molecule has 2 rings (SSSR count). The lowest BCUT2D eigenvalue weighted by Gasteiger charge is -2.17. The molecule has 2 amide bonds. The Labute approximate surface area is 149 Å². The molecule has 1 aromatic rings. The quantitative estimate of drug-likeness (QED) is 0.360. The lowest BCUT2D eigenvalue weighted by molar-refractivity contribution is -0.123. The minimum atomic E-state index is -0.592. The molecule has 0 radical (unpaired) electrons. The van der Waals surface area contributed by atoms with Gasteiger partial charge >= 0.3 is 0 Å². The number of halogens is 1. The molecule has 0 saturated carbocycles. The van der Waals surface area contributed by atoms with E-state index in [4.69, 9.17) is 39.7 Å². The Kier molecular flexibility index (Phi) is 5.79. The fourth-order valence-electron chi connectivity index (χ4n) is 1.96. The number of carbonyl (C=O) groups excluding carboxylic acids is 2. The summed E-state index contributed by atoms with van der Waals surface area (Å²) >= 11 is 10.9. The van der Waals surface area contributed by atoms with Gasteiger partial charge in [0.05, 0.1) is 11.6 Å². The summed E-state index contributed by atoms with van der Waals surface area (Å²) in [6, 6.07) is 3.14. The van der Waals surface area contributed by atoms with E-state index in [9.17, 15) is 9.59 Å². The normalized spacial score (nSPS) is 13.7. The number of rotatable bonds is 5. The van der Waals surface area contributed by atoms with E-state index in [0.717, 1.165) is 0 Å². The van der Waals surface area contributed by atoms with Gasteiger partial charge in [0.15, 0.2) is 16.6 Å². The number of amides is 2. The Morgan fingerprint density at radius 3 is 2.54 bits per heavy atom. The highest BCUT2D eigenvalue weighted by Crippen LogP contribution is 2.37. The van der Waals surface area contributed by atoms with Crippen LogP contribution in [0, 0.1) is 12.3 Å². The molecule has 6 nitrogen and oxygen atoms in total. The second-order valence-electron chi connectivity index (χ2n) is 4.55. The Morgan fingerprint density at radius 2 is 1.96 bits per heavy atom. The second kappa shape index (κ2) is 7.81. The number of carbonyl (C=O) groups is 2. The molecule has 0 spiro atoms. The fraction of sp³-hybridized carbons (Fsp3) is 0.188. The zero-order valence-corrected chi connectivity index (χ0v) is 14.2. The molecule has 0 atom stereocenters. The first-order valence-corrected chi connectivity index (χ1v) is 7.65. The maximum atomic E-state index is 11.9. The van der Waals surface area contributed by atoms with Gasteiger partial charge in [-0.15, -0.1) is 6.42 Å². The summed E-state index contributed by atoms with van der Waals surface area (Å²) in [5.41, 5.74) is 0.393. The number of hydrogen-bond donors (Lipinski definition) is 2. The first-order chi connectivity index (χ1) is 11.5. The highest BCUT2D eigenvalue weighted by molar-refractivity contribution is 7.80. The van der Waals surface area contributed by atoms with Crippen molar-refractivity contribution in [2.75, 3.05) is 13.2 Å². The second-order valence-corrected chi connectivity index (χ2v) is 5.37. The van der Waals surface area contributed by atoms with Gasteiger partial charge in [0.1, 0.15) is 12.2 Å². The molecule has 0 aliphatic carbocycles. The van der Waals surface area contributed by atoms with Gasteiger partial charge in [-0.05, 0) is 42.9 Å². The summed E-state index contributed by atoms with van der Waals surface area (Å²) in [6.45, 7) is 2.20. The summed E-state index contributed by atoms with van der Waals surface area (Å²) < 4.78 is 10.9. The third-order valence-electron chi connectivity index (χ3n) is 2.89. The van der Waals surface area contributed by atoms with E-state index in [1.165, 1.54) is 12.1 Å². The molecule has 8 heteroatoms. The number of benzene rings is 1. The summed E-state index contributed by atoms with van der Waals surface area (Å²) in [6.07, 6.45) is 6.56. The van der Waals surface area contributed by atoms with Gasteiger partial charge in [-0.25, -0.2) is 0 Å². The molecule has 1 aliphatic rings. The molecular weight excluding hydrogens is 352 g/mol. The molecule has 0 aromatic heterocycles. The van der Waals surface area contributed by atoms with Crippen molar-refractivity contribution in [1.82, 2.24) is 10.6 Å². The van der Waals surface area contributed by atoms with Crippen LogP contribution in [0.25, 0.3) is 6.08 Å². The minimum Gasteiger partial charge on any atom is -0.490 e. The maximum Gasteiger partial charge on any atom is 0.263 e. The third-order valence-corrected chi connectivity index (χ3v) is 3.37. The van der Waals surface area contributed by atoms with Crippen molar-refractivity contribution in [2.24, 2.45) is 0 Å². The highest BCUT2D eigenvalue weighted by atomic mass is 35.5. The van der Waals surface area contributed by atoms with Crippen LogP contribution in [0.3, 0.4) is 0 Å². The first kappa shape index (κ1) is 17.8. The summed E-state index contributed by atoms with van der Waals surface area (Å²) in [5, 5.41) is 4.92. The summed E-state index contributed by atoms with van der Waals surface area (Å²) in [4.78, 5) is 23.8. The summed E-state index contributed by atoms with van der Waals surface area (Å²) in [5.74, 6) is 1.82. The van der Waals surface area contributed by atoms with Crippen LogP contribution < -0.4 is 20.1 Å². The van der Waals surface area contributed by atoms with E-state index in [0.29, 0.717) is 23.7 Å². The monoisotopic (exact) mass is 364 g/mol. The first-order valence-electron chi connectivity index (χ1n) is 6.87. The van der Waals surface area contributed by atoms with Crippen molar-refractivity contribution in [3.05, 3.63) is 28.3 Å². The Balaban J connectivity index is 2.42. The van der Waals surface area contributed by atoms with Gasteiger partial charge in [-0.1, -0.05) is 17.5 Å². The smallest absolute Gasteiger partial charge is 0.263 e. The Hall–Kier alpha value is -2.56. The van der Waals surface area contributed by atoms with Crippen LogP contribution >= 0.6 is 23.8 Å². The van der Waals surface area contributed by atoms with Crippen LogP contribution in [0.1, 0.15) is 12.5 Å². The molecule has 1 aromatic carbocycles. The van der Waals surface area contributed by atoms with E-state index in [-0.39, 0.29) is 22.3 Å². The average Bonchev–Trinajstić information content (AvgIpc) is 2.50. The number of nitrogens with one attached hydrogen (secondary N) is 2. The zero-order valence-electron chi connectivity index (χ0n) is 12.6. The van der Waals surface area contributed by atoms with Crippen molar-refractivity contribution in [2.45, 2.75) is 6.92 Å². The van der Waals surface area contributed by atoms with E-state index in [1.54, 1.807) is 13.0 Å². The molecule has 2 N–H and O–H groups in total. The largest absolute Gasteiger partial charge is 0.490 e.